The highest BCUT2D eigenvalue weighted by Gasteiger charge is 2.32. The molecule has 3 heterocycles. The van der Waals surface area contributed by atoms with Gasteiger partial charge in [-0.2, -0.15) is 0 Å². The third-order valence-electron chi connectivity index (χ3n) is 3.39. The first-order valence-electron chi connectivity index (χ1n) is 6.87. The molecular formula is C14H14N4O5. The Bertz CT molecular complexity index is 736. The predicted molar refractivity (Wildman–Crippen MR) is 75.8 cm³/mol. The molecule has 2 aromatic heterocycles. The third kappa shape index (κ3) is 3.23. The highest BCUT2D eigenvalue weighted by Crippen LogP contribution is 2.21. The number of carbonyl (C=O) groups excluding carboxylic acids is 3. The summed E-state index contributed by atoms with van der Waals surface area (Å²) in [7, 11) is 1.58. The number of amides is 4. The summed E-state index contributed by atoms with van der Waals surface area (Å²) in [6.45, 7) is 0.214. The van der Waals surface area contributed by atoms with Crippen molar-refractivity contribution < 1.29 is 23.3 Å². The smallest absolute Gasteiger partial charge is 0.322 e. The maximum Gasteiger partial charge on any atom is 0.322 e. The fourth-order valence-electron chi connectivity index (χ4n) is 2.19. The third-order valence-corrected chi connectivity index (χ3v) is 3.39. The lowest BCUT2D eigenvalue weighted by atomic mass is 10.2. The van der Waals surface area contributed by atoms with Gasteiger partial charge in [-0.05, 0) is 12.1 Å². The first-order chi connectivity index (χ1) is 11.0. The lowest BCUT2D eigenvalue weighted by Gasteiger charge is -2.17. The van der Waals surface area contributed by atoms with Crippen LogP contribution in [-0.2, 0) is 16.1 Å². The second-order valence-electron chi connectivity index (χ2n) is 5.13. The van der Waals surface area contributed by atoms with E-state index in [-0.39, 0.29) is 18.9 Å². The average Bonchev–Trinajstić information content (AvgIpc) is 3.21. The number of nitrogens with zero attached hydrogens (tertiary/aromatic N) is 2. The van der Waals surface area contributed by atoms with Crippen LogP contribution in [0.1, 0.15) is 12.1 Å². The number of imide groups is 1. The molecule has 9 nitrogen and oxygen atoms in total. The molecule has 2 N–H and O–H groups in total. The second-order valence-corrected chi connectivity index (χ2v) is 5.13. The second kappa shape index (κ2) is 5.95. The number of nitrogens with one attached hydrogen (secondary N) is 2. The molecular weight excluding hydrogens is 304 g/mol. The Morgan fingerprint density at radius 1 is 1.39 bits per heavy atom. The van der Waals surface area contributed by atoms with Crippen molar-refractivity contribution in [1.29, 1.82) is 0 Å². The highest BCUT2D eigenvalue weighted by atomic mass is 16.5. The van der Waals surface area contributed by atoms with Gasteiger partial charge >= 0.3 is 6.03 Å². The standard InChI is InChI=1S/C14H14N4O5/c1-18(12(19)6-9-13(20)16-14(21)15-9)7-8-5-11(23-17-8)10-3-2-4-22-10/h2-5,9H,6-7H2,1H3,(H2,15,16,20,21). The summed E-state index contributed by atoms with van der Waals surface area (Å²) in [5.74, 6) is 0.213. The Balaban J connectivity index is 1.58. The quantitative estimate of drug-likeness (QED) is 0.775. The van der Waals surface area contributed by atoms with E-state index in [1.54, 1.807) is 25.2 Å². The molecule has 0 aliphatic carbocycles. The van der Waals surface area contributed by atoms with Crippen molar-refractivity contribution in [3.8, 4) is 11.5 Å². The van der Waals surface area contributed by atoms with Crippen LogP contribution in [0.15, 0.2) is 33.4 Å². The van der Waals surface area contributed by atoms with Crippen LogP contribution in [0.3, 0.4) is 0 Å². The molecule has 2 aromatic rings. The van der Waals surface area contributed by atoms with Gasteiger partial charge in [0.1, 0.15) is 11.7 Å². The Kier molecular flexibility index (Phi) is 3.83. The number of carbonyl (C=O) groups is 3. The number of hydrogen-bond acceptors (Lipinski definition) is 6. The van der Waals surface area contributed by atoms with Gasteiger partial charge in [0.25, 0.3) is 5.91 Å². The fraction of sp³-hybridized carbons (Fsp3) is 0.286. The fourth-order valence-corrected chi connectivity index (χ4v) is 2.19. The van der Waals surface area contributed by atoms with Gasteiger partial charge in [-0.3, -0.25) is 14.9 Å². The molecule has 0 bridgehead atoms. The first kappa shape index (κ1) is 14.8. The number of urea groups is 1. The van der Waals surface area contributed by atoms with E-state index in [0.29, 0.717) is 17.2 Å². The Morgan fingerprint density at radius 3 is 2.87 bits per heavy atom. The van der Waals surface area contributed by atoms with Crippen molar-refractivity contribution in [2.24, 2.45) is 0 Å². The van der Waals surface area contributed by atoms with Crippen molar-refractivity contribution in [2.45, 2.75) is 19.0 Å². The van der Waals surface area contributed by atoms with Crippen LogP contribution >= 0.6 is 0 Å². The zero-order valence-corrected chi connectivity index (χ0v) is 12.2. The first-order valence-corrected chi connectivity index (χ1v) is 6.87. The topological polar surface area (TPSA) is 118 Å². The Labute approximate surface area is 130 Å². The number of furan rings is 1. The lowest BCUT2D eigenvalue weighted by molar-refractivity contribution is -0.133. The molecule has 1 fully saturated rings. The maximum absolute atomic E-state index is 12.1. The van der Waals surface area contributed by atoms with E-state index < -0.39 is 18.0 Å². The summed E-state index contributed by atoms with van der Waals surface area (Å²) in [6.07, 6.45) is 1.41. The van der Waals surface area contributed by atoms with E-state index in [1.807, 2.05) is 0 Å². The average molecular weight is 318 g/mol. The van der Waals surface area contributed by atoms with Crippen LogP contribution < -0.4 is 10.6 Å². The molecule has 120 valence electrons. The van der Waals surface area contributed by atoms with Gasteiger partial charge in [0.05, 0.1) is 19.2 Å². The minimum Gasteiger partial charge on any atom is -0.461 e. The predicted octanol–water partition coefficient (Wildman–Crippen LogP) is 0.491. The summed E-state index contributed by atoms with van der Waals surface area (Å²) < 4.78 is 10.3. The van der Waals surface area contributed by atoms with E-state index in [9.17, 15) is 14.4 Å². The van der Waals surface area contributed by atoms with Gasteiger partial charge in [-0.1, -0.05) is 5.16 Å². The number of hydrogen-bond donors (Lipinski definition) is 2. The van der Waals surface area contributed by atoms with Crippen LogP contribution in [-0.4, -0.2) is 41.0 Å². The summed E-state index contributed by atoms with van der Waals surface area (Å²) in [5, 5.41) is 8.34. The van der Waals surface area contributed by atoms with Gasteiger partial charge < -0.3 is 19.2 Å². The van der Waals surface area contributed by atoms with Gasteiger partial charge in [0.2, 0.25) is 11.7 Å². The number of aromatic nitrogens is 1. The molecule has 1 atom stereocenters. The molecule has 1 aliphatic heterocycles. The van der Waals surface area contributed by atoms with E-state index in [4.69, 9.17) is 8.94 Å². The van der Waals surface area contributed by atoms with Crippen molar-refractivity contribution >= 4 is 17.8 Å². The minimum absolute atomic E-state index is 0.114. The largest absolute Gasteiger partial charge is 0.461 e. The van der Waals surface area contributed by atoms with Crippen molar-refractivity contribution in [2.75, 3.05) is 7.05 Å². The number of rotatable bonds is 5. The van der Waals surface area contributed by atoms with Crippen LogP contribution in [0.4, 0.5) is 4.79 Å². The molecule has 9 heteroatoms. The van der Waals surface area contributed by atoms with Crippen LogP contribution in [0, 0.1) is 0 Å². The van der Waals surface area contributed by atoms with Crippen LogP contribution in [0.5, 0.6) is 0 Å². The monoisotopic (exact) mass is 318 g/mol. The van der Waals surface area contributed by atoms with Crippen LogP contribution in [0.2, 0.25) is 0 Å². The molecule has 0 aromatic carbocycles. The molecule has 23 heavy (non-hydrogen) atoms. The SMILES string of the molecule is CN(Cc1cc(-c2ccco2)on1)C(=O)CC1NC(=O)NC1=O. The summed E-state index contributed by atoms with van der Waals surface area (Å²) in [5.41, 5.74) is 0.548. The van der Waals surface area contributed by atoms with Crippen molar-refractivity contribution in [3.63, 3.8) is 0 Å². The van der Waals surface area contributed by atoms with Crippen molar-refractivity contribution in [3.05, 3.63) is 30.2 Å². The molecule has 0 spiro atoms. The summed E-state index contributed by atoms with van der Waals surface area (Å²) in [4.78, 5) is 36.0. The Morgan fingerprint density at radius 2 is 2.22 bits per heavy atom. The minimum atomic E-state index is -0.839. The van der Waals surface area contributed by atoms with Gasteiger partial charge in [0.15, 0.2) is 5.76 Å². The van der Waals surface area contributed by atoms with E-state index in [0.717, 1.165) is 0 Å². The molecule has 0 saturated carbocycles. The molecule has 1 unspecified atom stereocenters. The molecule has 4 amide bonds. The van der Waals surface area contributed by atoms with Crippen molar-refractivity contribution in [1.82, 2.24) is 20.7 Å². The summed E-state index contributed by atoms with van der Waals surface area (Å²) >= 11 is 0. The maximum atomic E-state index is 12.1. The zero-order valence-electron chi connectivity index (χ0n) is 12.2. The molecule has 1 saturated heterocycles. The highest BCUT2D eigenvalue weighted by molar-refractivity contribution is 6.05. The normalized spacial score (nSPS) is 17.0. The van der Waals surface area contributed by atoms with E-state index in [1.165, 1.54) is 11.2 Å². The van der Waals surface area contributed by atoms with Gasteiger partial charge in [0, 0.05) is 13.1 Å². The molecule has 1 aliphatic rings. The van der Waals surface area contributed by atoms with E-state index in [2.05, 4.69) is 15.8 Å². The Hall–Kier alpha value is -3.10. The van der Waals surface area contributed by atoms with Gasteiger partial charge in [-0.15, -0.1) is 0 Å². The van der Waals surface area contributed by atoms with Gasteiger partial charge in [-0.25, -0.2) is 4.79 Å². The van der Waals surface area contributed by atoms with E-state index >= 15 is 0 Å². The lowest BCUT2D eigenvalue weighted by Crippen LogP contribution is -2.37. The molecule has 3 rings (SSSR count). The molecule has 0 radical (unpaired) electrons. The zero-order chi connectivity index (χ0) is 16.4. The summed E-state index contributed by atoms with van der Waals surface area (Å²) in [6, 6.07) is 3.71. The van der Waals surface area contributed by atoms with Crippen LogP contribution in [0.25, 0.3) is 11.5 Å².